The van der Waals surface area contributed by atoms with Gasteiger partial charge in [0.1, 0.15) is 6.10 Å². The number of hydrogen-bond donors (Lipinski definition) is 2. The van der Waals surface area contributed by atoms with Crippen LogP contribution in [0.3, 0.4) is 0 Å². The molecule has 0 radical (unpaired) electrons. The number of esters is 1. The minimum Gasteiger partial charge on any atom is -0.459 e. The molecule has 0 spiro atoms. The van der Waals surface area contributed by atoms with Crippen molar-refractivity contribution in [2.24, 2.45) is 0 Å². The van der Waals surface area contributed by atoms with Crippen LogP contribution in [0.2, 0.25) is 0 Å². The minimum absolute atomic E-state index is 0.130. The third-order valence-electron chi connectivity index (χ3n) is 4.79. The Bertz CT molecular complexity index is 729. The van der Waals surface area contributed by atoms with E-state index < -0.39 is 23.9 Å². The molecule has 2 heterocycles. The lowest BCUT2D eigenvalue weighted by Gasteiger charge is -2.43. The van der Waals surface area contributed by atoms with Crippen molar-refractivity contribution >= 4 is 23.0 Å². The van der Waals surface area contributed by atoms with Gasteiger partial charge in [-0.3, -0.25) is 4.79 Å². The van der Waals surface area contributed by atoms with Gasteiger partial charge >= 0.3 is 5.97 Å². The fourth-order valence-corrected chi connectivity index (χ4v) is 4.30. The molecule has 29 heavy (non-hydrogen) atoms. The number of amides is 1. The summed E-state index contributed by atoms with van der Waals surface area (Å²) >= 11 is 1.12. The van der Waals surface area contributed by atoms with Crippen molar-refractivity contribution in [1.82, 2.24) is 5.32 Å². The van der Waals surface area contributed by atoms with Crippen molar-refractivity contribution in [3.8, 4) is 23.7 Å². The molecule has 2 aliphatic rings. The molecule has 0 bridgehead atoms. The third kappa shape index (κ3) is 7.78. The van der Waals surface area contributed by atoms with Crippen LogP contribution in [0.25, 0.3) is 0 Å². The largest absolute Gasteiger partial charge is 0.459 e. The van der Waals surface area contributed by atoms with Crippen molar-refractivity contribution < 1.29 is 24.2 Å². The number of thioether (sulfide) groups is 1. The predicted molar refractivity (Wildman–Crippen MR) is 113 cm³/mol. The van der Waals surface area contributed by atoms with E-state index in [1.54, 1.807) is 19.9 Å². The molecule has 0 unspecified atom stereocenters. The molecule has 0 aromatic heterocycles. The molecule has 4 atom stereocenters. The van der Waals surface area contributed by atoms with Crippen molar-refractivity contribution in [3.63, 3.8) is 0 Å². The van der Waals surface area contributed by atoms with E-state index in [0.29, 0.717) is 31.4 Å². The molecule has 1 amide bonds. The smallest absolute Gasteiger partial charge is 0.330 e. The van der Waals surface area contributed by atoms with Gasteiger partial charge in [-0.1, -0.05) is 17.8 Å². The van der Waals surface area contributed by atoms with E-state index >= 15 is 0 Å². The van der Waals surface area contributed by atoms with Gasteiger partial charge in [0.05, 0.1) is 12.1 Å². The highest BCUT2D eigenvalue weighted by atomic mass is 32.2. The van der Waals surface area contributed by atoms with Gasteiger partial charge in [0, 0.05) is 37.5 Å². The van der Waals surface area contributed by atoms with Crippen LogP contribution in [-0.4, -0.2) is 46.1 Å². The van der Waals surface area contributed by atoms with E-state index in [-0.39, 0.29) is 17.8 Å². The van der Waals surface area contributed by atoms with Crippen LogP contribution in [0.4, 0.5) is 4.79 Å². The third-order valence-corrected chi connectivity index (χ3v) is 5.67. The van der Waals surface area contributed by atoms with Crippen molar-refractivity contribution in [1.29, 1.82) is 0 Å². The first kappa shape index (κ1) is 23.3. The number of rotatable bonds is 8. The van der Waals surface area contributed by atoms with Crippen molar-refractivity contribution in [3.05, 3.63) is 12.2 Å². The van der Waals surface area contributed by atoms with E-state index in [2.05, 4.69) is 29.0 Å². The lowest BCUT2D eigenvalue weighted by Crippen LogP contribution is -2.58. The number of unbranched alkanes of at least 4 members (excludes halogenated alkanes) is 2. The van der Waals surface area contributed by atoms with Crippen LogP contribution < -0.4 is 5.32 Å². The molecule has 0 aromatic carbocycles. The Hall–Kier alpha value is -1.93. The summed E-state index contributed by atoms with van der Waals surface area (Å²) in [4.78, 5) is 23.8. The van der Waals surface area contributed by atoms with Crippen LogP contribution in [0.1, 0.15) is 58.8 Å². The van der Waals surface area contributed by atoms with E-state index in [1.807, 2.05) is 0 Å². The standard InChI is InChI=1S/C22H29NO5S/c1-3-5-7-9-11-13-20(24)27-18-14-17(12-10-8-6-4-2)28-22(26,15-18)19-16-29-21(25)23-19/h11,13,17-19,26H,7-10,12,14-16H2,1-2H3,(H,23,25)/b13-11+/t17-,18-,19+,22-/m1/s1. The Kier molecular flexibility index (Phi) is 9.60. The zero-order valence-electron chi connectivity index (χ0n) is 17.0. The van der Waals surface area contributed by atoms with Gasteiger partial charge in [-0.15, -0.1) is 23.7 Å². The first-order valence-electron chi connectivity index (χ1n) is 9.96. The first-order valence-corrected chi connectivity index (χ1v) is 10.9. The molecular formula is C22H29NO5S. The topological polar surface area (TPSA) is 84.9 Å². The maximum absolute atomic E-state index is 12.2. The number of carbonyl (C=O) groups is 2. The number of ether oxygens (including phenoxy) is 2. The zero-order valence-corrected chi connectivity index (χ0v) is 17.8. The number of nitrogens with one attached hydrogen (secondary N) is 1. The molecule has 158 valence electrons. The van der Waals surface area contributed by atoms with Crippen LogP contribution >= 0.6 is 11.8 Å². The predicted octanol–water partition coefficient (Wildman–Crippen LogP) is 3.14. The average molecular weight is 420 g/mol. The summed E-state index contributed by atoms with van der Waals surface area (Å²) in [5.74, 6) is 10.0. The molecule has 2 aliphatic heterocycles. The Morgan fingerprint density at radius 3 is 2.83 bits per heavy atom. The van der Waals surface area contributed by atoms with Gasteiger partial charge in [-0.05, 0) is 33.1 Å². The molecule has 2 saturated heterocycles. The number of hydrogen-bond acceptors (Lipinski definition) is 6. The van der Waals surface area contributed by atoms with Crippen LogP contribution in [0, 0.1) is 23.7 Å². The molecular weight excluding hydrogens is 390 g/mol. The first-order chi connectivity index (χ1) is 14.0. The van der Waals surface area contributed by atoms with Crippen molar-refractivity contribution in [2.75, 3.05) is 5.75 Å². The molecule has 2 N–H and O–H groups in total. The SMILES string of the molecule is CC#CCC/C=C/C(=O)O[C@@H]1C[C@@H](CCCC#CC)O[C@@](O)([C@@H]2CSC(=O)N2)C1. The molecule has 0 aliphatic carbocycles. The lowest BCUT2D eigenvalue weighted by molar-refractivity contribution is -0.283. The number of allylic oxidation sites excluding steroid dienone is 1. The van der Waals surface area contributed by atoms with Crippen LogP contribution in [0.15, 0.2) is 12.2 Å². The Labute approximate surface area is 177 Å². The van der Waals surface area contributed by atoms with Crippen LogP contribution in [0.5, 0.6) is 0 Å². The summed E-state index contributed by atoms with van der Waals surface area (Å²) in [6.07, 6.45) is 6.69. The van der Waals surface area contributed by atoms with Gasteiger partial charge in [0.15, 0.2) is 5.79 Å². The number of aliphatic hydroxyl groups is 1. The zero-order chi connectivity index (χ0) is 21.1. The summed E-state index contributed by atoms with van der Waals surface area (Å²) in [6.45, 7) is 3.58. The maximum Gasteiger partial charge on any atom is 0.330 e. The summed E-state index contributed by atoms with van der Waals surface area (Å²) in [5, 5.41) is 13.7. The summed E-state index contributed by atoms with van der Waals surface area (Å²) in [7, 11) is 0. The summed E-state index contributed by atoms with van der Waals surface area (Å²) < 4.78 is 11.6. The number of carbonyl (C=O) groups excluding carboxylic acids is 2. The van der Waals surface area contributed by atoms with E-state index in [0.717, 1.165) is 24.6 Å². The Morgan fingerprint density at radius 2 is 2.14 bits per heavy atom. The van der Waals surface area contributed by atoms with Crippen molar-refractivity contribution in [2.45, 2.75) is 82.8 Å². The van der Waals surface area contributed by atoms with Crippen LogP contribution in [-0.2, 0) is 14.3 Å². The Balaban J connectivity index is 1.98. The van der Waals surface area contributed by atoms with E-state index in [4.69, 9.17) is 9.47 Å². The monoisotopic (exact) mass is 419 g/mol. The van der Waals surface area contributed by atoms with Gasteiger partial charge in [0.2, 0.25) is 0 Å². The normalized spacial score (nSPS) is 28.8. The second-order valence-corrected chi connectivity index (χ2v) is 8.06. The highest BCUT2D eigenvalue weighted by Gasteiger charge is 2.49. The maximum atomic E-state index is 12.2. The molecule has 2 rings (SSSR count). The lowest BCUT2D eigenvalue weighted by atomic mass is 9.91. The molecule has 0 aromatic rings. The quantitative estimate of drug-likeness (QED) is 0.272. The van der Waals surface area contributed by atoms with Gasteiger partial charge in [0.25, 0.3) is 5.24 Å². The Morgan fingerprint density at radius 1 is 1.38 bits per heavy atom. The van der Waals surface area contributed by atoms with Gasteiger partial charge in [-0.2, -0.15) is 0 Å². The highest BCUT2D eigenvalue weighted by Crippen LogP contribution is 2.36. The summed E-state index contributed by atoms with van der Waals surface area (Å²) in [5.41, 5.74) is 0. The second kappa shape index (κ2) is 11.9. The molecule has 6 nitrogen and oxygen atoms in total. The average Bonchev–Trinajstić information content (AvgIpc) is 3.12. The summed E-state index contributed by atoms with van der Waals surface area (Å²) in [6, 6.07) is -0.525. The molecule has 0 saturated carbocycles. The second-order valence-electron chi connectivity index (χ2n) is 7.07. The minimum atomic E-state index is -1.55. The fraction of sp³-hybridized carbons (Fsp3) is 0.636. The van der Waals surface area contributed by atoms with E-state index in [9.17, 15) is 14.7 Å². The molecule has 7 heteroatoms. The molecule has 2 fully saturated rings. The fourth-order valence-electron chi connectivity index (χ4n) is 3.41. The van der Waals surface area contributed by atoms with E-state index in [1.165, 1.54) is 6.08 Å². The van der Waals surface area contributed by atoms with Gasteiger partial charge in [-0.25, -0.2) is 4.79 Å². The highest BCUT2D eigenvalue weighted by molar-refractivity contribution is 8.14. The van der Waals surface area contributed by atoms with Gasteiger partial charge < -0.3 is 19.9 Å².